The van der Waals surface area contributed by atoms with Gasteiger partial charge in [-0.2, -0.15) is 0 Å². The Morgan fingerprint density at radius 2 is 1.87 bits per heavy atom. The number of hydrogen-bond donors (Lipinski definition) is 2. The van der Waals surface area contributed by atoms with E-state index in [-0.39, 0.29) is 11.6 Å². The van der Waals surface area contributed by atoms with E-state index in [0.717, 1.165) is 43.2 Å². The highest BCUT2D eigenvalue weighted by atomic mass is 79.9. The number of aryl methyl sites for hydroxylation is 1. The summed E-state index contributed by atoms with van der Waals surface area (Å²) < 4.78 is 2.67. The Balaban J connectivity index is 1.71. The molecule has 0 aliphatic heterocycles. The van der Waals surface area contributed by atoms with Gasteiger partial charge in [0.2, 0.25) is 0 Å². The zero-order valence-corrected chi connectivity index (χ0v) is 18.6. The molecule has 0 saturated heterocycles. The molecule has 0 amide bonds. The van der Waals surface area contributed by atoms with E-state index in [1.54, 1.807) is 4.57 Å². The Labute approximate surface area is 187 Å². The van der Waals surface area contributed by atoms with E-state index in [0.29, 0.717) is 5.82 Å². The smallest absolute Gasteiger partial charge is 0.263 e. The molecule has 2 N–H and O–H groups in total. The number of halogens is 1. The fourth-order valence-corrected chi connectivity index (χ4v) is 4.52. The third-order valence-corrected chi connectivity index (χ3v) is 6.14. The number of fused-ring (bicyclic) bond motifs is 2. The fraction of sp³-hybridized carbons (Fsp3) is 0.125. The molecule has 0 saturated carbocycles. The number of anilines is 1. The number of aromatic amines is 1. The number of pyridine rings is 1. The fourth-order valence-electron chi connectivity index (χ4n) is 4.03. The van der Waals surface area contributed by atoms with Crippen LogP contribution < -0.4 is 10.9 Å². The van der Waals surface area contributed by atoms with E-state index in [1.165, 1.54) is 6.33 Å². The molecule has 5 rings (SSSR count). The van der Waals surface area contributed by atoms with Crippen molar-refractivity contribution in [1.29, 1.82) is 0 Å². The van der Waals surface area contributed by atoms with Gasteiger partial charge in [-0.1, -0.05) is 36.4 Å². The van der Waals surface area contributed by atoms with Crippen molar-refractivity contribution in [2.75, 3.05) is 5.32 Å². The number of para-hydroxylation sites is 1. The number of rotatable bonds is 4. The van der Waals surface area contributed by atoms with Crippen LogP contribution in [0, 0.1) is 6.92 Å². The lowest BCUT2D eigenvalue weighted by atomic mass is 10.0. The molecule has 3 heterocycles. The lowest BCUT2D eigenvalue weighted by molar-refractivity contribution is 0.774. The molecular formula is C24H20BrN5O. The maximum atomic E-state index is 13.6. The van der Waals surface area contributed by atoms with Crippen LogP contribution in [0.2, 0.25) is 0 Å². The summed E-state index contributed by atoms with van der Waals surface area (Å²) in [6, 6.07) is 17.6. The van der Waals surface area contributed by atoms with Gasteiger partial charge in [-0.05, 0) is 58.9 Å². The molecule has 0 spiro atoms. The molecule has 7 heteroatoms. The summed E-state index contributed by atoms with van der Waals surface area (Å²) in [5, 5.41) is 6.02. The first kappa shape index (κ1) is 19.5. The second-order valence-corrected chi connectivity index (χ2v) is 8.39. The largest absolute Gasteiger partial charge is 0.361 e. The summed E-state index contributed by atoms with van der Waals surface area (Å²) >= 11 is 3.56. The molecule has 2 aromatic carbocycles. The predicted molar refractivity (Wildman–Crippen MR) is 128 cm³/mol. The number of nitrogens with zero attached hydrogens (tertiary/aromatic N) is 3. The molecule has 0 radical (unpaired) electrons. The van der Waals surface area contributed by atoms with Gasteiger partial charge in [0, 0.05) is 22.1 Å². The van der Waals surface area contributed by atoms with E-state index in [4.69, 9.17) is 0 Å². The summed E-state index contributed by atoms with van der Waals surface area (Å²) in [6.45, 7) is 4.01. The monoisotopic (exact) mass is 473 g/mol. The average Bonchev–Trinajstić information content (AvgIpc) is 3.16. The van der Waals surface area contributed by atoms with Gasteiger partial charge >= 0.3 is 0 Å². The lowest BCUT2D eigenvalue weighted by Crippen LogP contribution is -2.26. The molecule has 0 aliphatic carbocycles. The third-order valence-electron chi connectivity index (χ3n) is 5.52. The van der Waals surface area contributed by atoms with Crippen molar-refractivity contribution >= 4 is 43.6 Å². The Morgan fingerprint density at radius 3 is 2.68 bits per heavy atom. The van der Waals surface area contributed by atoms with Gasteiger partial charge in [0.15, 0.2) is 0 Å². The van der Waals surface area contributed by atoms with Crippen molar-refractivity contribution in [1.82, 2.24) is 19.5 Å². The van der Waals surface area contributed by atoms with Gasteiger partial charge in [0.1, 0.15) is 17.8 Å². The highest BCUT2D eigenvalue weighted by Crippen LogP contribution is 2.31. The summed E-state index contributed by atoms with van der Waals surface area (Å²) in [6.07, 6.45) is 3.36. The van der Waals surface area contributed by atoms with Crippen molar-refractivity contribution in [3.63, 3.8) is 0 Å². The van der Waals surface area contributed by atoms with E-state index in [1.807, 2.05) is 68.6 Å². The summed E-state index contributed by atoms with van der Waals surface area (Å²) in [7, 11) is 0. The van der Waals surface area contributed by atoms with Crippen LogP contribution in [0.3, 0.4) is 0 Å². The van der Waals surface area contributed by atoms with E-state index >= 15 is 0 Å². The standard InChI is InChI=1S/C24H20BrN5O/c1-14-7-6-8-16-11-19(30(24(31)20(14)16)17-9-4-3-5-10-17)15(2)29-23-21-18(25)12-26-22(21)27-13-28-23/h3-13,15H,1-2H3,(H2,26,27,28,29). The van der Waals surface area contributed by atoms with E-state index < -0.39 is 0 Å². The number of nitrogens with one attached hydrogen (secondary N) is 2. The Kier molecular flexibility index (Phi) is 4.82. The van der Waals surface area contributed by atoms with Crippen LogP contribution in [0.25, 0.3) is 27.5 Å². The van der Waals surface area contributed by atoms with Gasteiger partial charge < -0.3 is 10.3 Å². The quantitative estimate of drug-likeness (QED) is 0.361. The summed E-state index contributed by atoms with van der Waals surface area (Å²) in [5.41, 5.74) is 3.37. The van der Waals surface area contributed by atoms with Gasteiger partial charge in [0.05, 0.1) is 16.8 Å². The van der Waals surface area contributed by atoms with Crippen molar-refractivity contribution in [3.05, 3.63) is 93.2 Å². The first-order valence-electron chi connectivity index (χ1n) is 9.99. The molecule has 3 aromatic heterocycles. The molecule has 1 atom stereocenters. The minimum atomic E-state index is -0.197. The molecule has 154 valence electrons. The Morgan fingerprint density at radius 1 is 1.06 bits per heavy atom. The van der Waals surface area contributed by atoms with Crippen LogP contribution in [-0.4, -0.2) is 19.5 Å². The van der Waals surface area contributed by atoms with Crippen molar-refractivity contribution < 1.29 is 0 Å². The highest BCUT2D eigenvalue weighted by molar-refractivity contribution is 9.10. The first-order chi connectivity index (χ1) is 15.0. The molecule has 1 unspecified atom stereocenters. The molecular weight excluding hydrogens is 454 g/mol. The Bertz CT molecular complexity index is 1470. The van der Waals surface area contributed by atoms with E-state index in [9.17, 15) is 4.79 Å². The molecule has 5 aromatic rings. The second kappa shape index (κ2) is 7.67. The molecule has 0 aliphatic rings. The number of hydrogen-bond acceptors (Lipinski definition) is 4. The van der Waals surface area contributed by atoms with Gasteiger partial charge in [0.25, 0.3) is 5.56 Å². The molecule has 0 fully saturated rings. The number of benzene rings is 2. The van der Waals surface area contributed by atoms with Crippen LogP contribution in [0.15, 0.2) is 76.4 Å². The van der Waals surface area contributed by atoms with Crippen molar-refractivity contribution in [2.24, 2.45) is 0 Å². The van der Waals surface area contributed by atoms with Gasteiger partial charge in [-0.25, -0.2) is 9.97 Å². The highest BCUT2D eigenvalue weighted by Gasteiger charge is 2.19. The normalized spacial score (nSPS) is 12.4. The summed E-state index contributed by atoms with van der Waals surface area (Å²) in [5.74, 6) is 0.696. The molecule has 6 nitrogen and oxygen atoms in total. The predicted octanol–water partition coefficient (Wildman–Crippen LogP) is 5.51. The number of H-pyrrole nitrogens is 1. The molecule has 31 heavy (non-hydrogen) atoms. The topological polar surface area (TPSA) is 75.6 Å². The minimum Gasteiger partial charge on any atom is -0.361 e. The van der Waals surface area contributed by atoms with E-state index in [2.05, 4.69) is 42.3 Å². The van der Waals surface area contributed by atoms with Crippen LogP contribution in [0.5, 0.6) is 0 Å². The van der Waals surface area contributed by atoms with Crippen molar-refractivity contribution in [3.8, 4) is 5.69 Å². The van der Waals surface area contributed by atoms with Gasteiger partial charge in [-0.3, -0.25) is 9.36 Å². The van der Waals surface area contributed by atoms with Gasteiger partial charge in [-0.15, -0.1) is 0 Å². The summed E-state index contributed by atoms with van der Waals surface area (Å²) in [4.78, 5) is 25.5. The Hall–Kier alpha value is -3.45. The maximum Gasteiger partial charge on any atom is 0.263 e. The first-order valence-corrected chi connectivity index (χ1v) is 10.8. The third kappa shape index (κ3) is 3.31. The maximum absolute atomic E-state index is 13.6. The zero-order chi connectivity index (χ0) is 21.5. The lowest BCUT2D eigenvalue weighted by Gasteiger charge is -2.22. The van der Waals surface area contributed by atoms with Crippen LogP contribution in [0.1, 0.15) is 24.2 Å². The van der Waals surface area contributed by atoms with Crippen LogP contribution in [-0.2, 0) is 0 Å². The minimum absolute atomic E-state index is 0.0268. The van der Waals surface area contributed by atoms with Crippen molar-refractivity contribution in [2.45, 2.75) is 19.9 Å². The number of aromatic nitrogens is 4. The average molecular weight is 474 g/mol. The zero-order valence-electron chi connectivity index (χ0n) is 17.1. The van der Waals surface area contributed by atoms with Crippen LogP contribution in [0.4, 0.5) is 5.82 Å². The molecule has 0 bridgehead atoms. The second-order valence-electron chi connectivity index (χ2n) is 7.53. The van der Waals surface area contributed by atoms with Crippen LogP contribution >= 0.6 is 15.9 Å². The SMILES string of the molecule is Cc1cccc2cc(C(C)Nc3ncnc4[nH]cc(Br)c34)n(-c3ccccc3)c(=O)c12.